The summed E-state index contributed by atoms with van der Waals surface area (Å²) in [5, 5.41) is 13.9. The summed E-state index contributed by atoms with van der Waals surface area (Å²) >= 11 is 0. The monoisotopic (exact) mass is 236 g/mol. The Morgan fingerprint density at radius 2 is 2.24 bits per heavy atom. The molecule has 0 spiro atoms. The van der Waals surface area contributed by atoms with E-state index in [0.29, 0.717) is 18.7 Å². The minimum Gasteiger partial charge on any atom is -0.383 e. The van der Waals surface area contributed by atoms with E-state index in [1.165, 1.54) is 6.07 Å². The summed E-state index contributed by atoms with van der Waals surface area (Å²) in [6, 6.07) is 6.67. The Morgan fingerprint density at radius 3 is 2.94 bits per heavy atom. The van der Waals surface area contributed by atoms with Crippen molar-refractivity contribution >= 4 is 11.8 Å². The number of benzene rings is 1. The van der Waals surface area contributed by atoms with Crippen LogP contribution in [0, 0.1) is 10.1 Å². The molecule has 0 aliphatic rings. The van der Waals surface area contributed by atoms with Crippen LogP contribution in [0.2, 0.25) is 0 Å². The van der Waals surface area contributed by atoms with Gasteiger partial charge in [0.15, 0.2) is 0 Å². The number of nitro benzene ring substituents is 1. The Bertz CT molecular complexity index is 391. The molecule has 0 amide bonds. The van der Waals surface area contributed by atoms with Crippen molar-refractivity contribution in [3.8, 4) is 0 Å². The van der Waals surface area contributed by atoms with E-state index in [9.17, 15) is 10.1 Å². The number of para-hydroxylation sites is 1. The van der Waals surface area contributed by atoms with Gasteiger partial charge in [-0.3, -0.25) is 10.1 Å². The number of methoxy groups -OCH3 is 1. The van der Waals surface area contributed by atoms with Gasteiger partial charge >= 0.3 is 0 Å². The maximum Gasteiger partial charge on any atom is 0.276 e. The Labute approximate surface area is 100 Å². The SMILES string of the molecule is COCCNCC=Cc1ccccc1[N+](=O)[O-]. The highest BCUT2D eigenvalue weighted by Crippen LogP contribution is 2.18. The average Bonchev–Trinajstić information content (AvgIpc) is 2.34. The molecule has 1 N–H and O–H groups in total. The second-order valence-corrected chi connectivity index (χ2v) is 3.42. The Balaban J connectivity index is 2.50. The molecule has 0 saturated heterocycles. The minimum atomic E-state index is -0.377. The normalized spacial score (nSPS) is 10.9. The number of nitrogens with one attached hydrogen (secondary N) is 1. The lowest BCUT2D eigenvalue weighted by Crippen LogP contribution is -2.18. The summed E-state index contributed by atoms with van der Waals surface area (Å²) in [7, 11) is 1.64. The molecule has 17 heavy (non-hydrogen) atoms. The Morgan fingerprint density at radius 1 is 1.47 bits per heavy atom. The van der Waals surface area contributed by atoms with Crippen LogP contribution in [0.4, 0.5) is 5.69 Å². The lowest BCUT2D eigenvalue weighted by Gasteiger charge is -1.99. The summed E-state index contributed by atoms with van der Waals surface area (Å²) in [5.74, 6) is 0. The van der Waals surface area contributed by atoms with Crippen molar-refractivity contribution in [2.24, 2.45) is 0 Å². The summed E-state index contributed by atoms with van der Waals surface area (Å²) < 4.78 is 4.88. The number of ether oxygens (including phenoxy) is 1. The smallest absolute Gasteiger partial charge is 0.276 e. The van der Waals surface area contributed by atoms with Crippen LogP contribution in [0.5, 0.6) is 0 Å². The van der Waals surface area contributed by atoms with Gasteiger partial charge in [-0.05, 0) is 6.07 Å². The van der Waals surface area contributed by atoms with Gasteiger partial charge in [0.2, 0.25) is 0 Å². The van der Waals surface area contributed by atoms with Crippen LogP contribution in [0.15, 0.2) is 30.3 Å². The zero-order valence-electron chi connectivity index (χ0n) is 9.76. The standard InChI is InChI=1S/C12H16N2O3/c1-17-10-9-13-8-4-6-11-5-2-3-7-12(11)14(15)16/h2-7,13H,8-10H2,1H3. The number of nitrogens with zero attached hydrogens (tertiary/aromatic N) is 1. The molecule has 5 nitrogen and oxygen atoms in total. The van der Waals surface area contributed by atoms with Crippen LogP contribution in [0.25, 0.3) is 6.08 Å². The largest absolute Gasteiger partial charge is 0.383 e. The second-order valence-electron chi connectivity index (χ2n) is 3.42. The van der Waals surface area contributed by atoms with E-state index in [0.717, 1.165) is 6.54 Å². The molecule has 0 aliphatic heterocycles. The van der Waals surface area contributed by atoms with Gasteiger partial charge in [0.05, 0.1) is 17.1 Å². The van der Waals surface area contributed by atoms with E-state index in [2.05, 4.69) is 5.32 Å². The number of nitro groups is 1. The van der Waals surface area contributed by atoms with Gasteiger partial charge in [-0.1, -0.05) is 24.3 Å². The van der Waals surface area contributed by atoms with E-state index in [1.54, 1.807) is 31.4 Å². The molecule has 1 rings (SSSR count). The zero-order chi connectivity index (χ0) is 12.5. The third-order valence-electron chi connectivity index (χ3n) is 2.18. The van der Waals surface area contributed by atoms with E-state index in [1.807, 2.05) is 6.08 Å². The molecule has 0 atom stereocenters. The quantitative estimate of drug-likeness (QED) is 0.445. The van der Waals surface area contributed by atoms with Crippen molar-refractivity contribution in [1.82, 2.24) is 5.32 Å². The first-order valence-corrected chi connectivity index (χ1v) is 5.35. The fourth-order valence-electron chi connectivity index (χ4n) is 1.34. The molecule has 0 radical (unpaired) electrons. The van der Waals surface area contributed by atoms with Crippen LogP contribution in [0.1, 0.15) is 5.56 Å². The molecule has 0 fully saturated rings. The Kier molecular flexibility index (Phi) is 5.92. The van der Waals surface area contributed by atoms with E-state index >= 15 is 0 Å². The van der Waals surface area contributed by atoms with Crippen LogP contribution in [0.3, 0.4) is 0 Å². The van der Waals surface area contributed by atoms with Crippen molar-refractivity contribution in [2.45, 2.75) is 0 Å². The molecule has 92 valence electrons. The highest BCUT2D eigenvalue weighted by molar-refractivity contribution is 5.60. The molecule has 0 aromatic heterocycles. The fraction of sp³-hybridized carbons (Fsp3) is 0.333. The number of hydrogen-bond acceptors (Lipinski definition) is 4. The van der Waals surface area contributed by atoms with Gasteiger partial charge in [0.1, 0.15) is 0 Å². The van der Waals surface area contributed by atoms with Crippen LogP contribution in [-0.4, -0.2) is 31.7 Å². The molecular weight excluding hydrogens is 220 g/mol. The van der Waals surface area contributed by atoms with Gasteiger partial charge in [0, 0.05) is 26.3 Å². The highest BCUT2D eigenvalue weighted by atomic mass is 16.6. The highest BCUT2D eigenvalue weighted by Gasteiger charge is 2.08. The summed E-state index contributed by atoms with van der Waals surface area (Å²) in [4.78, 5) is 10.4. The van der Waals surface area contributed by atoms with E-state index < -0.39 is 0 Å². The number of rotatable bonds is 7. The first-order valence-electron chi connectivity index (χ1n) is 5.35. The van der Waals surface area contributed by atoms with E-state index in [-0.39, 0.29) is 10.6 Å². The molecule has 5 heteroatoms. The molecule has 0 bridgehead atoms. The maximum atomic E-state index is 10.7. The van der Waals surface area contributed by atoms with Gasteiger partial charge in [-0.2, -0.15) is 0 Å². The van der Waals surface area contributed by atoms with Gasteiger partial charge in [-0.15, -0.1) is 0 Å². The molecule has 0 aliphatic carbocycles. The predicted molar refractivity (Wildman–Crippen MR) is 66.9 cm³/mol. The molecule has 0 saturated carbocycles. The second kappa shape index (κ2) is 7.54. The lowest BCUT2D eigenvalue weighted by molar-refractivity contribution is -0.385. The van der Waals surface area contributed by atoms with Crippen molar-refractivity contribution in [2.75, 3.05) is 26.8 Å². The van der Waals surface area contributed by atoms with Gasteiger partial charge < -0.3 is 10.1 Å². The van der Waals surface area contributed by atoms with Crippen LogP contribution >= 0.6 is 0 Å². The van der Waals surface area contributed by atoms with Crippen molar-refractivity contribution in [3.63, 3.8) is 0 Å². The first-order chi connectivity index (χ1) is 8.25. The average molecular weight is 236 g/mol. The minimum absolute atomic E-state index is 0.126. The zero-order valence-corrected chi connectivity index (χ0v) is 9.76. The number of hydrogen-bond donors (Lipinski definition) is 1. The molecule has 0 unspecified atom stereocenters. The summed E-state index contributed by atoms with van der Waals surface area (Å²) in [5.41, 5.74) is 0.742. The van der Waals surface area contributed by atoms with Crippen molar-refractivity contribution < 1.29 is 9.66 Å². The topological polar surface area (TPSA) is 64.4 Å². The molecule has 0 heterocycles. The molecule has 1 aromatic carbocycles. The molecular formula is C12H16N2O3. The third-order valence-corrected chi connectivity index (χ3v) is 2.18. The predicted octanol–water partition coefficient (Wildman–Crippen LogP) is 1.84. The fourth-order valence-corrected chi connectivity index (χ4v) is 1.34. The van der Waals surface area contributed by atoms with Crippen LogP contribution < -0.4 is 5.32 Å². The summed E-state index contributed by atoms with van der Waals surface area (Å²) in [6.45, 7) is 2.08. The van der Waals surface area contributed by atoms with Gasteiger partial charge in [0.25, 0.3) is 5.69 Å². The van der Waals surface area contributed by atoms with Crippen molar-refractivity contribution in [1.29, 1.82) is 0 Å². The first kappa shape index (κ1) is 13.3. The summed E-state index contributed by atoms with van der Waals surface area (Å²) in [6.07, 6.45) is 3.61. The van der Waals surface area contributed by atoms with Crippen LogP contribution in [-0.2, 0) is 4.74 Å². The van der Waals surface area contributed by atoms with E-state index in [4.69, 9.17) is 4.74 Å². The van der Waals surface area contributed by atoms with Gasteiger partial charge in [-0.25, -0.2) is 0 Å². The third kappa shape index (κ3) is 4.76. The lowest BCUT2D eigenvalue weighted by atomic mass is 10.1. The maximum absolute atomic E-state index is 10.7. The van der Waals surface area contributed by atoms with Crippen molar-refractivity contribution in [3.05, 3.63) is 46.0 Å². The Hall–Kier alpha value is -1.72. The molecule has 1 aromatic rings.